The van der Waals surface area contributed by atoms with Crippen molar-refractivity contribution in [2.45, 2.75) is 129 Å². The van der Waals surface area contributed by atoms with Gasteiger partial charge in [-0.1, -0.05) is 141 Å². The van der Waals surface area contributed by atoms with Crippen molar-refractivity contribution < 1.29 is 0 Å². The maximum Gasteiger partial charge on any atom is -0.0227 e. The summed E-state index contributed by atoms with van der Waals surface area (Å²) in [7, 11) is 0. The van der Waals surface area contributed by atoms with Crippen LogP contribution < -0.4 is 0 Å². The predicted octanol–water partition coefficient (Wildman–Crippen LogP) is 10.3. The fraction of sp³-hybridized carbons (Fsp3) is 0.667. The van der Waals surface area contributed by atoms with Gasteiger partial charge in [0, 0.05) is 0 Å². The Bertz CT molecular complexity index is 514. The second-order valence-corrected chi connectivity index (χ2v) is 9.11. The molecule has 0 N–H and O–H groups in total. The average Bonchev–Trinajstić information content (AvgIpc) is 2.77. The van der Waals surface area contributed by atoms with Gasteiger partial charge < -0.3 is 0 Å². The summed E-state index contributed by atoms with van der Waals surface area (Å²) in [6.07, 6.45) is 28.5. The van der Waals surface area contributed by atoms with Gasteiger partial charge in [-0.25, -0.2) is 0 Å². The normalized spacial score (nSPS) is 11.0. The van der Waals surface area contributed by atoms with Crippen molar-refractivity contribution in [3.8, 4) is 0 Å². The smallest absolute Gasteiger partial charge is 0.0227 e. The van der Waals surface area contributed by atoms with E-state index in [1.165, 1.54) is 138 Å². The van der Waals surface area contributed by atoms with Crippen molar-refractivity contribution in [1.82, 2.24) is 0 Å². The first-order valence-corrected chi connectivity index (χ1v) is 13.2. The van der Waals surface area contributed by atoms with E-state index in [1.807, 2.05) is 0 Å². The molecule has 1 aromatic rings. The maximum atomic E-state index is 4.09. The van der Waals surface area contributed by atoms with Crippen LogP contribution >= 0.6 is 0 Å². The Hall–Kier alpha value is -1.30. The zero-order chi connectivity index (χ0) is 21.9. The van der Waals surface area contributed by atoms with Gasteiger partial charge in [-0.3, -0.25) is 0 Å². The summed E-state index contributed by atoms with van der Waals surface area (Å²) in [6.45, 7) is 12.8. The molecule has 0 aliphatic rings. The van der Waals surface area contributed by atoms with Gasteiger partial charge in [0.2, 0.25) is 0 Å². The summed E-state index contributed by atoms with van der Waals surface area (Å²) in [5.41, 5.74) is 5.62. The quantitative estimate of drug-likeness (QED) is 0.187. The van der Waals surface area contributed by atoms with Crippen molar-refractivity contribution >= 4 is 12.2 Å². The van der Waals surface area contributed by atoms with Gasteiger partial charge in [0.1, 0.15) is 0 Å². The molecule has 0 spiro atoms. The molecule has 0 aliphatic carbocycles. The zero-order valence-corrected chi connectivity index (χ0v) is 20.5. The van der Waals surface area contributed by atoms with E-state index >= 15 is 0 Å². The standard InChI is InChI=1S/C30H50/c1-5-9-11-13-15-17-19-21-23-29-25-28(8-4)30(26-27(29)7-3)24-22-20-18-16-14-12-10-6-2/h7-8,25-26H,3-6,9-24H2,1-2H3. The van der Waals surface area contributed by atoms with Gasteiger partial charge in [-0.05, 0) is 47.9 Å². The monoisotopic (exact) mass is 410 g/mol. The molecule has 0 nitrogen and oxygen atoms in total. The molecule has 0 atom stereocenters. The van der Waals surface area contributed by atoms with E-state index in [1.54, 1.807) is 0 Å². The van der Waals surface area contributed by atoms with Crippen molar-refractivity contribution in [2.75, 3.05) is 0 Å². The molecule has 170 valence electrons. The third kappa shape index (κ3) is 11.8. The highest BCUT2D eigenvalue weighted by Crippen LogP contribution is 2.24. The molecule has 0 unspecified atom stereocenters. The van der Waals surface area contributed by atoms with Crippen LogP contribution in [-0.4, -0.2) is 0 Å². The van der Waals surface area contributed by atoms with E-state index in [9.17, 15) is 0 Å². The molecule has 0 amide bonds. The topological polar surface area (TPSA) is 0 Å². The Kier molecular flexibility index (Phi) is 16.5. The van der Waals surface area contributed by atoms with Crippen LogP contribution in [0.5, 0.6) is 0 Å². The zero-order valence-electron chi connectivity index (χ0n) is 20.5. The summed E-state index contributed by atoms with van der Waals surface area (Å²) in [6, 6.07) is 4.79. The van der Waals surface area contributed by atoms with Crippen LogP contribution in [0.4, 0.5) is 0 Å². The maximum absolute atomic E-state index is 4.09. The molecule has 0 heterocycles. The molecule has 0 radical (unpaired) electrons. The molecule has 0 bridgehead atoms. The van der Waals surface area contributed by atoms with Crippen LogP contribution in [0.3, 0.4) is 0 Å². The Labute approximate surface area is 189 Å². The summed E-state index contributed by atoms with van der Waals surface area (Å²) in [4.78, 5) is 0. The van der Waals surface area contributed by atoms with Gasteiger partial charge in [0.05, 0.1) is 0 Å². The lowest BCUT2D eigenvalue weighted by molar-refractivity contribution is 0.574. The summed E-state index contributed by atoms with van der Waals surface area (Å²) >= 11 is 0. The van der Waals surface area contributed by atoms with Crippen LogP contribution in [0.25, 0.3) is 12.2 Å². The third-order valence-electron chi connectivity index (χ3n) is 6.44. The minimum atomic E-state index is 1.18. The van der Waals surface area contributed by atoms with Gasteiger partial charge in [-0.15, -0.1) is 0 Å². The van der Waals surface area contributed by atoms with Gasteiger partial charge in [-0.2, -0.15) is 0 Å². The minimum absolute atomic E-state index is 1.18. The van der Waals surface area contributed by atoms with Crippen LogP contribution in [0.1, 0.15) is 139 Å². The molecule has 0 heteroatoms. The van der Waals surface area contributed by atoms with E-state index in [0.717, 1.165) is 0 Å². The first-order chi connectivity index (χ1) is 14.8. The van der Waals surface area contributed by atoms with E-state index in [2.05, 4.69) is 51.3 Å². The molecule has 1 aromatic carbocycles. The average molecular weight is 411 g/mol. The minimum Gasteiger partial charge on any atom is -0.0985 e. The predicted molar refractivity (Wildman–Crippen MR) is 139 cm³/mol. The molecule has 0 saturated carbocycles. The third-order valence-corrected chi connectivity index (χ3v) is 6.44. The highest BCUT2D eigenvalue weighted by Gasteiger charge is 2.07. The van der Waals surface area contributed by atoms with Crippen molar-refractivity contribution in [2.24, 2.45) is 0 Å². The van der Waals surface area contributed by atoms with Crippen molar-refractivity contribution in [3.63, 3.8) is 0 Å². The highest BCUT2D eigenvalue weighted by atomic mass is 14.1. The number of unbranched alkanes of at least 4 members (excludes halogenated alkanes) is 14. The Morgan fingerprint density at radius 1 is 0.500 bits per heavy atom. The van der Waals surface area contributed by atoms with Gasteiger partial charge in [0.15, 0.2) is 0 Å². The Balaban J connectivity index is 2.41. The SMILES string of the molecule is C=Cc1cc(CCCCCCCCCC)c(C=C)cc1CCCCCCCCCC. The number of hydrogen-bond donors (Lipinski definition) is 0. The van der Waals surface area contributed by atoms with E-state index in [0.29, 0.717) is 0 Å². The highest BCUT2D eigenvalue weighted by molar-refractivity contribution is 5.61. The molecule has 0 aromatic heterocycles. The molecule has 0 saturated heterocycles. The van der Waals surface area contributed by atoms with E-state index in [4.69, 9.17) is 0 Å². The number of rotatable bonds is 20. The molecular weight excluding hydrogens is 360 g/mol. The summed E-state index contributed by atoms with van der Waals surface area (Å²) < 4.78 is 0. The van der Waals surface area contributed by atoms with E-state index in [-0.39, 0.29) is 0 Å². The fourth-order valence-corrected chi connectivity index (χ4v) is 4.44. The summed E-state index contributed by atoms with van der Waals surface area (Å²) in [5.74, 6) is 0. The molecule has 30 heavy (non-hydrogen) atoms. The fourth-order valence-electron chi connectivity index (χ4n) is 4.44. The lowest BCUT2D eigenvalue weighted by atomic mass is 9.92. The number of hydrogen-bond acceptors (Lipinski definition) is 0. The van der Waals surface area contributed by atoms with Crippen LogP contribution in [0.2, 0.25) is 0 Å². The second kappa shape index (κ2) is 18.5. The van der Waals surface area contributed by atoms with Crippen LogP contribution in [0.15, 0.2) is 25.3 Å². The lowest BCUT2D eigenvalue weighted by Crippen LogP contribution is -1.98. The largest absolute Gasteiger partial charge is 0.0985 e. The Morgan fingerprint density at radius 3 is 1.10 bits per heavy atom. The van der Waals surface area contributed by atoms with Gasteiger partial charge >= 0.3 is 0 Å². The summed E-state index contributed by atoms with van der Waals surface area (Å²) in [5, 5.41) is 0. The van der Waals surface area contributed by atoms with Crippen molar-refractivity contribution in [1.29, 1.82) is 0 Å². The molecule has 0 fully saturated rings. The molecular formula is C30H50. The number of benzene rings is 1. The van der Waals surface area contributed by atoms with Crippen LogP contribution in [0, 0.1) is 0 Å². The lowest BCUT2D eigenvalue weighted by Gasteiger charge is -2.13. The van der Waals surface area contributed by atoms with Crippen LogP contribution in [-0.2, 0) is 12.8 Å². The van der Waals surface area contributed by atoms with Gasteiger partial charge in [0.25, 0.3) is 0 Å². The van der Waals surface area contributed by atoms with Crippen molar-refractivity contribution in [3.05, 3.63) is 47.5 Å². The Morgan fingerprint density at radius 2 is 0.800 bits per heavy atom. The van der Waals surface area contributed by atoms with E-state index < -0.39 is 0 Å². The molecule has 0 aliphatic heterocycles. The first-order valence-electron chi connectivity index (χ1n) is 13.2. The number of aryl methyl sites for hydroxylation is 2. The second-order valence-electron chi connectivity index (χ2n) is 9.11. The first kappa shape index (κ1) is 26.7. The molecule has 1 rings (SSSR count).